The van der Waals surface area contributed by atoms with E-state index >= 15 is 0 Å². The lowest BCUT2D eigenvalue weighted by atomic mass is 10.0. The van der Waals surface area contributed by atoms with Crippen molar-refractivity contribution < 1.29 is 0 Å². The topological polar surface area (TPSA) is 57.8 Å². The minimum absolute atomic E-state index is 0.0665. The van der Waals surface area contributed by atoms with Crippen LogP contribution in [0.15, 0.2) is 10.9 Å². The summed E-state index contributed by atoms with van der Waals surface area (Å²) >= 11 is 0. The maximum atomic E-state index is 11.6. The molecule has 0 spiro atoms. The van der Waals surface area contributed by atoms with E-state index in [2.05, 4.69) is 22.2 Å². The van der Waals surface area contributed by atoms with E-state index < -0.39 is 0 Å². The largest absolute Gasteiger partial charge is 0.367 e. The first kappa shape index (κ1) is 14.1. The van der Waals surface area contributed by atoms with Crippen LogP contribution >= 0.6 is 0 Å². The second-order valence-electron chi connectivity index (χ2n) is 6.13. The Labute approximate surface area is 115 Å². The Morgan fingerprint density at radius 1 is 1.32 bits per heavy atom. The number of hydrogen-bond donors (Lipinski definition) is 2. The normalized spacial score (nSPS) is 24.2. The molecule has 4 heteroatoms. The van der Waals surface area contributed by atoms with E-state index in [4.69, 9.17) is 0 Å². The van der Waals surface area contributed by atoms with Crippen LogP contribution in [0, 0.1) is 5.92 Å². The molecule has 4 nitrogen and oxygen atoms in total. The van der Waals surface area contributed by atoms with Crippen molar-refractivity contribution >= 4 is 5.82 Å². The van der Waals surface area contributed by atoms with E-state index in [9.17, 15) is 4.79 Å². The monoisotopic (exact) mass is 263 g/mol. The Bertz CT molecular complexity index is 467. The van der Waals surface area contributed by atoms with E-state index in [1.165, 1.54) is 32.1 Å². The molecule has 0 bridgehead atoms. The van der Waals surface area contributed by atoms with Crippen LogP contribution in [-0.2, 0) is 0 Å². The molecule has 1 aliphatic rings. The van der Waals surface area contributed by atoms with Crippen molar-refractivity contribution in [3.63, 3.8) is 0 Å². The molecule has 0 saturated heterocycles. The molecule has 1 aromatic rings. The van der Waals surface area contributed by atoms with Gasteiger partial charge in [-0.25, -0.2) is 4.98 Å². The first-order valence-corrected chi connectivity index (χ1v) is 7.42. The van der Waals surface area contributed by atoms with Crippen LogP contribution in [0.5, 0.6) is 0 Å². The number of nitrogens with zero attached hydrogens (tertiary/aromatic N) is 1. The van der Waals surface area contributed by atoms with Gasteiger partial charge in [0.25, 0.3) is 5.56 Å². The van der Waals surface area contributed by atoms with Gasteiger partial charge in [-0.1, -0.05) is 33.6 Å². The first-order valence-electron chi connectivity index (χ1n) is 7.42. The number of nitrogens with one attached hydrogen (secondary N) is 2. The molecule has 2 atom stereocenters. The van der Waals surface area contributed by atoms with E-state index in [1.807, 2.05) is 13.8 Å². The quantitative estimate of drug-likeness (QED) is 0.823. The van der Waals surface area contributed by atoms with Gasteiger partial charge < -0.3 is 10.3 Å². The van der Waals surface area contributed by atoms with Crippen LogP contribution in [0.4, 0.5) is 5.82 Å². The molecule has 1 aromatic heterocycles. The predicted octanol–water partition coefficient (Wildman–Crippen LogP) is 3.27. The third-order valence-corrected chi connectivity index (χ3v) is 3.92. The molecule has 0 aromatic carbocycles. The second kappa shape index (κ2) is 6.22. The maximum absolute atomic E-state index is 11.6. The Hall–Kier alpha value is -1.32. The number of anilines is 1. The van der Waals surface area contributed by atoms with Crippen molar-refractivity contribution in [2.24, 2.45) is 5.92 Å². The number of hydrogen-bond acceptors (Lipinski definition) is 3. The Kier molecular flexibility index (Phi) is 4.61. The summed E-state index contributed by atoms with van der Waals surface area (Å²) in [5.74, 6) is 2.55. The molecule has 2 unspecified atom stereocenters. The zero-order chi connectivity index (χ0) is 13.8. The Balaban J connectivity index is 2.08. The molecule has 1 aliphatic carbocycles. The highest BCUT2D eigenvalue weighted by Gasteiger charge is 2.17. The zero-order valence-corrected chi connectivity index (χ0v) is 12.2. The highest BCUT2D eigenvalue weighted by molar-refractivity contribution is 5.34. The van der Waals surface area contributed by atoms with Gasteiger partial charge in [0, 0.05) is 18.0 Å². The standard InChI is InChI=1S/C15H25N3O/c1-10(2)15-17-13(9-14(19)18-15)16-12-6-4-5-11(3)7-8-12/h9-12H,4-8H2,1-3H3,(H2,16,17,18,19). The summed E-state index contributed by atoms with van der Waals surface area (Å²) in [5, 5.41) is 3.45. The van der Waals surface area contributed by atoms with Gasteiger partial charge in [-0.3, -0.25) is 4.79 Å². The van der Waals surface area contributed by atoms with Gasteiger partial charge in [0.05, 0.1) is 0 Å². The van der Waals surface area contributed by atoms with Crippen molar-refractivity contribution in [2.45, 2.75) is 64.8 Å². The van der Waals surface area contributed by atoms with Crippen molar-refractivity contribution in [1.29, 1.82) is 0 Å². The van der Waals surface area contributed by atoms with Gasteiger partial charge >= 0.3 is 0 Å². The van der Waals surface area contributed by atoms with Gasteiger partial charge in [-0.05, 0) is 25.2 Å². The average Bonchev–Trinajstić information content (AvgIpc) is 2.54. The fraction of sp³-hybridized carbons (Fsp3) is 0.733. The molecule has 0 radical (unpaired) electrons. The van der Waals surface area contributed by atoms with E-state index in [0.29, 0.717) is 6.04 Å². The van der Waals surface area contributed by atoms with Crippen LogP contribution in [-0.4, -0.2) is 16.0 Å². The summed E-state index contributed by atoms with van der Waals surface area (Å²) in [7, 11) is 0. The maximum Gasteiger partial charge on any atom is 0.252 e. The Morgan fingerprint density at radius 2 is 2.11 bits per heavy atom. The van der Waals surface area contributed by atoms with Gasteiger partial charge in [0.2, 0.25) is 0 Å². The highest BCUT2D eigenvalue weighted by atomic mass is 16.1. The lowest BCUT2D eigenvalue weighted by molar-refractivity contribution is 0.501. The predicted molar refractivity (Wildman–Crippen MR) is 78.6 cm³/mol. The SMILES string of the molecule is CC1CCCC(Nc2cc(=O)[nH]c(C(C)C)n2)CC1. The minimum Gasteiger partial charge on any atom is -0.367 e. The second-order valence-corrected chi connectivity index (χ2v) is 6.13. The molecule has 1 fully saturated rings. The molecule has 19 heavy (non-hydrogen) atoms. The van der Waals surface area contributed by atoms with Crippen molar-refractivity contribution in [3.05, 3.63) is 22.2 Å². The van der Waals surface area contributed by atoms with Crippen molar-refractivity contribution in [1.82, 2.24) is 9.97 Å². The molecular formula is C15H25N3O. The van der Waals surface area contributed by atoms with E-state index in [0.717, 1.165) is 17.6 Å². The number of rotatable bonds is 3. The average molecular weight is 263 g/mol. The third-order valence-electron chi connectivity index (χ3n) is 3.92. The molecule has 2 rings (SSSR count). The smallest absolute Gasteiger partial charge is 0.252 e. The van der Waals surface area contributed by atoms with Crippen LogP contribution in [0.2, 0.25) is 0 Å². The lowest BCUT2D eigenvalue weighted by Gasteiger charge is -2.17. The van der Waals surface area contributed by atoms with Gasteiger partial charge in [0.1, 0.15) is 11.6 Å². The fourth-order valence-electron chi connectivity index (χ4n) is 2.66. The minimum atomic E-state index is -0.0665. The Morgan fingerprint density at radius 3 is 2.84 bits per heavy atom. The zero-order valence-electron chi connectivity index (χ0n) is 12.2. The molecule has 1 saturated carbocycles. The van der Waals surface area contributed by atoms with E-state index in [1.54, 1.807) is 6.07 Å². The van der Waals surface area contributed by atoms with Crippen LogP contribution in [0.1, 0.15) is 64.6 Å². The molecule has 2 N–H and O–H groups in total. The van der Waals surface area contributed by atoms with Gasteiger partial charge in [-0.15, -0.1) is 0 Å². The van der Waals surface area contributed by atoms with Crippen molar-refractivity contribution in [3.8, 4) is 0 Å². The molecule has 0 amide bonds. The number of aromatic nitrogens is 2. The summed E-state index contributed by atoms with van der Waals surface area (Å²) in [6.45, 7) is 6.40. The van der Waals surface area contributed by atoms with Crippen molar-refractivity contribution in [2.75, 3.05) is 5.32 Å². The summed E-state index contributed by atoms with van der Waals surface area (Å²) in [4.78, 5) is 18.9. The molecule has 1 heterocycles. The third kappa shape index (κ3) is 4.08. The highest BCUT2D eigenvalue weighted by Crippen LogP contribution is 2.24. The lowest BCUT2D eigenvalue weighted by Crippen LogP contribution is -2.22. The summed E-state index contributed by atoms with van der Waals surface area (Å²) in [6.07, 6.45) is 6.19. The fourth-order valence-corrected chi connectivity index (χ4v) is 2.66. The van der Waals surface area contributed by atoms with E-state index in [-0.39, 0.29) is 11.5 Å². The summed E-state index contributed by atoms with van der Waals surface area (Å²) in [6, 6.07) is 2.03. The molecular weight excluding hydrogens is 238 g/mol. The first-order chi connectivity index (χ1) is 9.04. The summed E-state index contributed by atoms with van der Waals surface area (Å²) in [5.41, 5.74) is -0.0665. The molecule has 0 aliphatic heterocycles. The van der Waals surface area contributed by atoms with Crippen LogP contribution < -0.4 is 10.9 Å². The molecule has 106 valence electrons. The van der Waals surface area contributed by atoms with Gasteiger partial charge in [-0.2, -0.15) is 0 Å². The number of H-pyrrole nitrogens is 1. The van der Waals surface area contributed by atoms with Crippen LogP contribution in [0.3, 0.4) is 0 Å². The van der Waals surface area contributed by atoms with Gasteiger partial charge in [0.15, 0.2) is 0 Å². The summed E-state index contributed by atoms with van der Waals surface area (Å²) < 4.78 is 0. The number of aromatic amines is 1. The van der Waals surface area contributed by atoms with Crippen LogP contribution in [0.25, 0.3) is 0 Å².